The number of carbonyl (C=O) groups excluding carboxylic acids is 1. The number of pyridine rings is 2. The molecule has 2 N–H and O–H groups in total. The number of aliphatic hydroxyl groups is 1. The number of hydrogen-bond donors (Lipinski definition) is 2. The summed E-state index contributed by atoms with van der Waals surface area (Å²) in [6.07, 6.45) is 3.22. The number of hydrogen-bond acceptors (Lipinski definition) is 4. The van der Waals surface area contributed by atoms with E-state index in [4.69, 9.17) is 0 Å². The van der Waals surface area contributed by atoms with Crippen LogP contribution in [0.3, 0.4) is 0 Å². The second kappa shape index (κ2) is 6.50. The molecule has 23 heavy (non-hydrogen) atoms. The van der Waals surface area contributed by atoms with Crippen molar-refractivity contribution in [2.45, 2.75) is 6.04 Å². The highest BCUT2D eigenvalue weighted by atomic mass is 19.1. The molecular weight excluding hydrogens is 297 g/mol. The first-order valence-electron chi connectivity index (χ1n) is 7.05. The molecule has 1 aromatic carbocycles. The molecule has 0 aliphatic rings. The van der Waals surface area contributed by atoms with Crippen molar-refractivity contribution >= 4 is 16.8 Å². The number of nitrogens with one attached hydrogen (secondary N) is 1. The lowest BCUT2D eigenvalue weighted by Gasteiger charge is -2.16. The zero-order valence-corrected chi connectivity index (χ0v) is 12.1. The molecule has 1 amide bonds. The van der Waals surface area contributed by atoms with Crippen molar-refractivity contribution in [2.75, 3.05) is 6.61 Å². The second-order valence-corrected chi connectivity index (χ2v) is 5.03. The van der Waals surface area contributed by atoms with E-state index in [1.165, 1.54) is 18.2 Å². The Hall–Kier alpha value is -2.86. The number of aliphatic hydroxyl groups excluding tert-OH is 1. The van der Waals surface area contributed by atoms with Crippen LogP contribution in [-0.4, -0.2) is 27.6 Å². The number of amides is 1. The molecule has 1 unspecified atom stereocenters. The molecule has 0 saturated carbocycles. The topological polar surface area (TPSA) is 75.1 Å². The van der Waals surface area contributed by atoms with Gasteiger partial charge in [0.2, 0.25) is 0 Å². The minimum Gasteiger partial charge on any atom is -0.394 e. The molecule has 3 aromatic rings. The van der Waals surface area contributed by atoms with E-state index in [0.29, 0.717) is 11.1 Å². The molecule has 0 saturated heterocycles. The summed E-state index contributed by atoms with van der Waals surface area (Å²) in [5, 5.41) is 13.0. The van der Waals surface area contributed by atoms with E-state index in [2.05, 4.69) is 15.3 Å². The molecule has 116 valence electrons. The monoisotopic (exact) mass is 311 g/mol. The minimum atomic E-state index is -0.704. The first-order chi connectivity index (χ1) is 11.2. The van der Waals surface area contributed by atoms with Crippen LogP contribution in [0.4, 0.5) is 4.39 Å². The van der Waals surface area contributed by atoms with Gasteiger partial charge in [-0.15, -0.1) is 0 Å². The van der Waals surface area contributed by atoms with Crippen molar-refractivity contribution in [1.82, 2.24) is 15.3 Å². The third kappa shape index (κ3) is 3.32. The van der Waals surface area contributed by atoms with Gasteiger partial charge in [0.05, 0.1) is 24.4 Å². The maximum atomic E-state index is 13.3. The number of halogens is 1. The van der Waals surface area contributed by atoms with Gasteiger partial charge >= 0.3 is 0 Å². The zero-order valence-electron chi connectivity index (χ0n) is 12.1. The standard InChI is InChI=1S/C17H14FN3O2/c18-13-3-1-2-12(8-13)16(10-22)21-17(23)14-5-4-11-6-7-19-9-15(11)20-14/h1-9,16,22H,10H2,(H,21,23). The van der Waals surface area contributed by atoms with Gasteiger partial charge in [0.25, 0.3) is 5.91 Å². The lowest BCUT2D eigenvalue weighted by molar-refractivity contribution is 0.0911. The highest BCUT2D eigenvalue weighted by Crippen LogP contribution is 2.15. The van der Waals surface area contributed by atoms with Gasteiger partial charge in [-0.05, 0) is 29.8 Å². The minimum absolute atomic E-state index is 0.209. The Morgan fingerprint density at radius 3 is 2.91 bits per heavy atom. The number of carbonyl (C=O) groups is 1. The summed E-state index contributed by atoms with van der Waals surface area (Å²) in [4.78, 5) is 20.5. The predicted octanol–water partition coefficient (Wildman–Crippen LogP) is 2.23. The molecule has 0 aliphatic heterocycles. The van der Waals surface area contributed by atoms with Gasteiger partial charge in [0, 0.05) is 11.6 Å². The normalized spacial score (nSPS) is 12.1. The maximum Gasteiger partial charge on any atom is 0.270 e. The van der Waals surface area contributed by atoms with E-state index < -0.39 is 17.8 Å². The van der Waals surface area contributed by atoms with Gasteiger partial charge in [-0.25, -0.2) is 9.37 Å². The smallest absolute Gasteiger partial charge is 0.270 e. The fraction of sp³-hybridized carbons (Fsp3) is 0.118. The third-order valence-corrected chi connectivity index (χ3v) is 3.47. The quantitative estimate of drug-likeness (QED) is 0.775. The Morgan fingerprint density at radius 2 is 2.13 bits per heavy atom. The first kappa shape index (κ1) is 15.1. The summed E-state index contributed by atoms with van der Waals surface area (Å²) >= 11 is 0. The molecule has 0 fully saturated rings. The van der Waals surface area contributed by atoms with Crippen LogP contribution in [0.1, 0.15) is 22.1 Å². The fourth-order valence-electron chi connectivity index (χ4n) is 2.28. The Bertz CT molecular complexity index is 854. The molecule has 2 heterocycles. The van der Waals surface area contributed by atoms with Crippen molar-refractivity contribution < 1.29 is 14.3 Å². The summed E-state index contributed by atoms with van der Waals surface area (Å²) in [7, 11) is 0. The summed E-state index contributed by atoms with van der Waals surface area (Å²) in [6.45, 7) is -0.343. The molecule has 0 radical (unpaired) electrons. The van der Waals surface area contributed by atoms with Crippen LogP contribution in [0.5, 0.6) is 0 Å². The van der Waals surface area contributed by atoms with Gasteiger partial charge in [0.1, 0.15) is 11.5 Å². The number of rotatable bonds is 4. The van der Waals surface area contributed by atoms with E-state index in [1.54, 1.807) is 36.7 Å². The average molecular weight is 311 g/mol. The zero-order chi connectivity index (χ0) is 16.2. The molecule has 0 spiro atoms. The van der Waals surface area contributed by atoms with Gasteiger partial charge in [-0.3, -0.25) is 9.78 Å². The molecule has 1 atom stereocenters. The predicted molar refractivity (Wildman–Crippen MR) is 83.2 cm³/mol. The summed E-state index contributed by atoms with van der Waals surface area (Å²) < 4.78 is 13.3. The second-order valence-electron chi connectivity index (χ2n) is 5.03. The summed E-state index contributed by atoms with van der Waals surface area (Å²) in [5.74, 6) is -0.871. The van der Waals surface area contributed by atoms with Crippen molar-refractivity contribution in [3.63, 3.8) is 0 Å². The summed E-state index contributed by atoms with van der Waals surface area (Å²) in [6, 6.07) is 10.2. The van der Waals surface area contributed by atoms with Crippen LogP contribution in [0.2, 0.25) is 0 Å². The van der Waals surface area contributed by atoms with Crippen LogP contribution in [-0.2, 0) is 0 Å². The molecule has 5 nitrogen and oxygen atoms in total. The van der Waals surface area contributed by atoms with E-state index in [0.717, 1.165) is 5.39 Å². The van der Waals surface area contributed by atoms with E-state index in [9.17, 15) is 14.3 Å². The van der Waals surface area contributed by atoms with Gasteiger partial charge in [-0.2, -0.15) is 0 Å². The first-order valence-corrected chi connectivity index (χ1v) is 7.05. The Morgan fingerprint density at radius 1 is 1.26 bits per heavy atom. The Kier molecular flexibility index (Phi) is 4.25. The lowest BCUT2D eigenvalue weighted by Crippen LogP contribution is -2.31. The van der Waals surface area contributed by atoms with E-state index >= 15 is 0 Å². The van der Waals surface area contributed by atoms with Crippen LogP contribution in [0.25, 0.3) is 10.9 Å². The summed E-state index contributed by atoms with van der Waals surface area (Å²) in [5.41, 5.74) is 1.30. The maximum absolute atomic E-state index is 13.3. The van der Waals surface area contributed by atoms with E-state index in [-0.39, 0.29) is 12.3 Å². The van der Waals surface area contributed by atoms with Crippen LogP contribution < -0.4 is 5.32 Å². The Labute approximate surface area is 131 Å². The number of fused-ring (bicyclic) bond motifs is 1. The van der Waals surface area contributed by atoms with Gasteiger partial charge < -0.3 is 10.4 Å². The van der Waals surface area contributed by atoms with Crippen molar-refractivity contribution in [3.8, 4) is 0 Å². The van der Waals surface area contributed by atoms with Crippen molar-refractivity contribution in [2.24, 2.45) is 0 Å². The average Bonchev–Trinajstić information content (AvgIpc) is 2.59. The fourth-order valence-corrected chi connectivity index (χ4v) is 2.28. The van der Waals surface area contributed by atoms with Gasteiger partial charge in [-0.1, -0.05) is 18.2 Å². The van der Waals surface area contributed by atoms with Crippen LogP contribution >= 0.6 is 0 Å². The molecule has 3 rings (SSSR count). The SMILES string of the molecule is O=C(NC(CO)c1cccc(F)c1)c1ccc2ccncc2n1. The van der Waals surface area contributed by atoms with Crippen molar-refractivity contribution in [3.05, 3.63) is 71.9 Å². The largest absolute Gasteiger partial charge is 0.394 e. The van der Waals surface area contributed by atoms with Crippen LogP contribution in [0, 0.1) is 5.82 Å². The Balaban J connectivity index is 1.83. The number of aromatic nitrogens is 2. The van der Waals surface area contributed by atoms with Crippen LogP contribution in [0.15, 0.2) is 54.9 Å². The van der Waals surface area contributed by atoms with Gasteiger partial charge in [0.15, 0.2) is 0 Å². The molecule has 0 aliphatic carbocycles. The van der Waals surface area contributed by atoms with Crippen molar-refractivity contribution in [1.29, 1.82) is 0 Å². The highest BCUT2D eigenvalue weighted by molar-refractivity contribution is 5.95. The highest BCUT2D eigenvalue weighted by Gasteiger charge is 2.16. The molecule has 0 bridgehead atoms. The molecule has 2 aromatic heterocycles. The number of nitrogens with zero attached hydrogens (tertiary/aromatic N) is 2. The van der Waals surface area contributed by atoms with E-state index in [1.807, 2.05) is 0 Å². The number of benzene rings is 1. The molecule has 6 heteroatoms. The molecular formula is C17H14FN3O2. The lowest BCUT2D eigenvalue weighted by atomic mass is 10.1. The third-order valence-electron chi connectivity index (χ3n) is 3.47.